The molecule has 2 rings (SSSR count). The normalized spacial score (nSPS) is 15.5. The van der Waals surface area contributed by atoms with E-state index in [9.17, 15) is 8.42 Å². The second kappa shape index (κ2) is 10.6. The summed E-state index contributed by atoms with van der Waals surface area (Å²) >= 11 is 0. The number of hydrogen-bond acceptors (Lipinski definition) is 6. The van der Waals surface area contributed by atoms with Gasteiger partial charge in [-0.2, -0.15) is 0 Å². The molecule has 148 valence electrons. The quantitative estimate of drug-likeness (QED) is 0.546. The third kappa shape index (κ3) is 6.14. The van der Waals surface area contributed by atoms with Crippen molar-refractivity contribution < 1.29 is 16.8 Å². The highest BCUT2D eigenvalue weighted by atomic mass is 32.2. The predicted molar refractivity (Wildman–Crippen MR) is 108 cm³/mol. The van der Waals surface area contributed by atoms with E-state index >= 15 is 0 Å². The molecule has 2 aromatic carbocycles. The van der Waals surface area contributed by atoms with Crippen molar-refractivity contribution in [2.24, 2.45) is 8.73 Å². The lowest BCUT2D eigenvalue weighted by Crippen LogP contribution is -2.09. The summed E-state index contributed by atoms with van der Waals surface area (Å²) in [5.74, 6) is 0. The summed E-state index contributed by atoms with van der Waals surface area (Å²) in [7, 11) is -2.66. The summed E-state index contributed by atoms with van der Waals surface area (Å²) in [6.07, 6.45) is 2.21. The van der Waals surface area contributed by atoms with Crippen molar-refractivity contribution >= 4 is 20.0 Å². The van der Waals surface area contributed by atoms with E-state index in [1.807, 2.05) is 36.4 Å². The minimum atomic E-state index is -2.83. The largest absolute Gasteiger partial charge is 0.281 e. The van der Waals surface area contributed by atoms with Gasteiger partial charge in [-0.1, -0.05) is 36.4 Å². The van der Waals surface area contributed by atoms with Crippen LogP contribution in [-0.4, -0.2) is 35.7 Å². The van der Waals surface area contributed by atoms with Gasteiger partial charge in [0, 0.05) is 14.1 Å². The van der Waals surface area contributed by atoms with Crippen LogP contribution in [0.4, 0.5) is 0 Å². The van der Waals surface area contributed by atoms with E-state index in [4.69, 9.17) is 8.37 Å². The average Bonchev–Trinajstić information content (AvgIpc) is 2.74. The second-order valence-corrected chi connectivity index (χ2v) is 9.69. The van der Waals surface area contributed by atoms with E-state index in [1.54, 1.807) is 24.3 Å². The SMILES string of the molecule is CN=[S@@](=O)(OCCCCCO[S@@](=O)(=NC)c1ccccc1)c1ccccc1. The topological polar surface area (TPSA) is 77.3 Å². The fraction of sp³-hybridized carbons (Fsp3) is 0.368. The van der Waals surface area contributed by atoms with Gasteiger partial charge in [-0.15, -0.1) is 0 Å². The lowest BCUT2D eigenvalue weighted by atomic mass is 10.2. The van der Waals surface area contributed by atoms with Crippen LogP contribution in [0.25, 0.3) is 0 Å². The molecule has 0 saturated heterocycles. The maximum Gasteiger partial charge on any atom is 0.193 e. The molecule has 2 aromatic rings. The standard InChI is InChI=1S/C19H26N2O4S2/c1-20-26(22,18-12-6-3-7-13-18)24-16-10-5-11-17-25-27(23,21-2)19-14-8-4-9-15-19/h3-4,6-9,12-15H,5,10-11,16-17H2,1-2H3/t26-,27+. The van der Waals surface area contributed by atoms with E-state index in [0.29, 0.717) is 35.8 Å². The van der Waals surface area contributed by atoms with Gasteiger partial charge in [0.1, 0.15) is 0 Å². The van der Waals surface area contributed by atoms with Gasteiger partial charge < -0.3 is 0 Å². The molecule has 0 N–H and O–H groups in total. The molecule has 0 radical (unpaired) electrons. The highest BCUT2D eigenvalue weighted by molar-refractivity contribution is 7.89. The summed E-state index contributed by atoms with van der Waals surface area (Å²) in [4.78, 5) is 1.14. The molecule has 2 atom stereocenters. The van der Waals surface area contributed by atoms with Crippen molar-refractivity contribution in [3.05, 3.63) is 60.7 Å². The number of rotatable bonds is 10. The van der Waals surface area contributed by atoms with E-state index in [0.717, 1.165) is 6.42 Å². The Morgan fingerprint density at radius 1 is 0.667 bits per heavy atom. The van der Waals surface area contributed by atoms with Crippen LogP contribution in [-0.2, 0) is 28.4 Å². The van der Waals surface area contributed by atoms with E-state index < -0.39 is 20.0 Å². The lowest BCUT2D eigenvalue weighted by molar-refractivity contribution is 0.300. The molecule has 0 aliphatic rings. The van der Waals surface area contributed by atoms with E-state index in [2.05, 4.69) is 8.73 Å². The van der Waals surface area contributed by atoms with Gasteiger partial charge in [-0.05, 0) is 43.5 Å². The van der Waals surface area contributed by atoms with Crippen molar-refractivity contribution in [2.45, 2.75) is 29.1 Å². The number of benzene rings is 2. The highest BCUT2D eigenvalue weighted by Gasteiger charge is 2.13. The summed E-state index contributed by atoms with van der Waals surface area (Å²) < 4.78 is 44.4. The summed E-state index contributed by atoms with van der Waals surface area (Å²) in [6.45, 7) is 0.661. The molecule has 0 amide bonds. The first-order valence-corrected chi connectivity index (χ1v) is 11.6. The van der Waals surface area contributed by atoms with Crippen LogP contribution in [0, 0.1) is 0 Å². The van der Waals surface area contributed by atoms with Crippen LogP contribution < -0.4 is 0 Å². The first kappa shape index (κ1) is 21.6. The van der Waals surface area contributed by atoms with Crippen LogP contribution in [0.5, 0.6) is 0 Å². The van der Waals surface area contributed by atoms with Crippen LogP contribution in [0.15, 0.2) is 79.2 Å². The molecule has 0 fully saturated rings. The molecule has 0 aliphatic carbocycles. The zero-order valence-corrected chi connectivity index (χ0v) is 17.3. The van der Waals surface area contributed by atoms with Crippen LogP contribution in [0.3, 0.4) is 0 Å². The Morgan fingerprint density at radius 3 is 1.37 bits per heavy atom. The van der Waals surface area contributed by atoms with Gasteiger partial charge in [-0.25, -0.2) is 17.1 Å². The Labute approximate surface area is 162 Å². The molecule has 0 heterocycles. The Hall–Kier alpha value is -1.74. The van der Waals surface area contributed by atoms with Gasteiger partial charge in [0.2, 0.25) is 0 Å². The fourth-order valence-electron chi connectivity index (χ4n) is 2.36. The number of hydrogen-bond donors (Lipinski definition) is 0. The number of nitrogens with zero attached hydrogens (tertiary/aromatic N) is 2. The minimum absolute atomic E-state index is 0.331. The molecule has 0 aliphatic heterocycles. The molecular weight excluding hydrogens is 384 g/mol. The Kier molecular flexibility index (Phi) is 8.43. The fourth-order valence-corrected chi connectivity index (χ4v) is 4.96. The van der Waals surface area contributed by atoms with Gasteiger partial charge >= 0.3 is 0 Å². The molecule has 0 aromatic heterocycles. The smallest absolute Gasteiger partial charge is 0.193 e. The van der Waals surface area contributed by atoms with Gasteiger partial charge in [0.25, 0.3) is 0 Å². The molecule has 8 heteroatoms. The van der Waals surface area contributed by atoms with Crippen molar-refractivity contribution in [2.75, 3.05) is 27.3 Å². The van der Waals surface area contributed by atoms with Gasteiger partial charge in [0.05, 0.1) is 23.0 Å². The Morgan fingerprint density at radius 2 is 1.04 bits per heavy atom. The lowest BCUT2D eigenvalue weighted by Gasteiger charge is -2.11. The van der Waals surface area contributed by atoms with Crippen LogP contribution in [0.1, 0.15) is 19.3 Å². The van der Waals surface area contributed by atoms with Crippen molar-refractivity contribution in [3.63, 3.8) is 0 Å². The van der Waals surface area contributed by atoms with Crippen LogP contribution in [0.2, 0.25) is 0 Å². The van der Waals surface area contributed by atoms with Crippen molar-refractivity contribution in [3.8, 4) is 0 Å². The van der Waals surface area contributed by atoms with E-state index in [1.165, 1.54) is 14.1 Å². The third-order valence-electron chi connectivity index (χ3n) is 3.84. The summed E-state index contributed by atoms with van der Waals surface area (Å²) in [6, 6.07) is 17.9. The molecule has 0 saturated carbocycles. The minimum Gasteiger partial charge on any atom is -0.281 e. The summed E-state index contributed by atoms with van der Waals surface area (Å²) in [5, 5.41) is 0. The molecule has 0 unspecified atom stereocenters. The molecule has 0 spiro atoms. The van der Waals surface area contributed by atoms with E-state index in [-0.39, 0.29) is 0 Å². The molecule has 0 bridgehead atoms. The molecule has 27 heavy (non-hydrogen) atoms. The molecule has 6 nitrogen and oxygen atoms in total. The van der Waals surface area contributed by atoms with Gasteiger partial charge in [0.15, 0.2) is 20.0 Å². The third-order valence-corrected chi connectivity index (χ3v) is 7.51. The maximum absolute atomic E-state index is 12.7. The Bertz CT molecular complexity index is 853. The summed E-state index contributed by atoms with van der Waals surface area (Å²) in [5.41, 5.74) is 0. The molecular formula is C19H26N2O4S2. The highest BCUT2D eigenvalue weighted by Crippen LogP contribution is 2.17. The first-order chi connectivity index (χ1) is 13.0. The first-order valence-electron chi connectivity index (χ1n) is 8.73. The maximum atomic E-state index is 12.7. The Balaban J connectivity index is 1.75. The van der Waals surface area contributed by atoms with Gasteiger partial charge in [-0.3, -0.25) is 8.37 Å². The average molecular weight is 411 g/mol. The zero-order chi connectivity index (χ0) is 19.6. The second-order valence-electron chi connectivity index (χ2n) is 5.65. The monoisotopic (exact) mass is 410 g/mol. The van der Waals surface area contributed by atoms with Crippen molar-refractivity contribution in [1.82, 2.24) is 0 Å². The van der Waals surface area contributed by atoms with Crippen LogP contribution >= 0.6 is 0 Å². The predicted octanol–water partition coefficient (Wildman–Crippen LogP) is 4.33. The van der Waals surface area contributed by atoms with Crippen molar-refractivity contribution in [1.29, 1.82) is 0 Å². The number of unbranched alkanes of at least 4 members (excludes halogenated alkanes) is 2. The zero-order valence-electron chi connectivity index (χ0n) is 15.7.